The van der Waals surface area contributed by atoms with Crippen molar-refractivity contribution in [2.75, 3.05) is 0 Å². The monoisotopic (exact) mass is 311 g/mol. The Labute approximate surface area is 137 Å². The van der Waals surface area contributed by atoms with Gasteiger partial charge in [-0.15, -0.1) is 0 Å². The number of aromatic amines is 1. The summed E-state index contributed by atoms with van der Waals surface area (Å²) in [5, 5.41) is 0. The van der Waals surface area contributed by atoms with Crippen LogP contribution in [-0.4, -0.2) is 15.0 Å². The summed E-state index contributed by atoms with van der Waals surface area (Å²) >= 11 is 0. The van der Waals surface area contributed by atoms with Gasteiger partial charge in [-0.05, 0) is 30.3 Å². The summed E-state index contributed by atoms with van der Waals surface area (Å²) in [6, 6.07) is 23.8. The molecule has 1 N–H and O–H groups in total. The molecule has 0 atom stereocenters. The van der Waals surface area contributed by atoms with Crippen molar-refractivity contribution in [1.82, 2.24) is 15.0 Å². The number of nitrogens with one attached hydrogen (secondary N) is 1. The number of hydrogen-bond acceptors (Lipinski definition) is 3. The predicted octanol–water partition coefficient (Wildman–Crippen LogP) is 5.04. The van der Waals surface area contributed by atoms with Crippen LogP contribution >= 0.6 is 0 Å². The SMILES string of the molecule is c1ccc(-c2nc3ccccc3o2)c(-c2nc3ccccc3[nH]2)c1. The molecule has 4 heteroatoms. The smallest absolute Gasteiger partial charge is 0.228 e. The zero-order valence-corrected chi connectivity index (χ0v) is 12.7. The Kier molecular flexibility index (Phi) is 2.76. The number of rotatable bonds is 2. The first-order chi connectivity index (χ1) is 11.9. The standard InChI is InChI=1S/C20H13N3O/c1-2-8-14(20-23-17-11-5-6-12-18(17)24-20)13(7-1)19-21-15-9-3-4-10-16(15)22-19/h1-12H,(H,21,22). The van der Waals surface area contributed by atoms with Crippen molar-refractivity contribution in [2.24, 2.45) is 0 Å². The molecule has 0 aliphatic heterocycles. The van der Waals surface area contributed by atoms with Crippen LogP contribution in [0.2, 0.25) is 0 Å². The van der Waals surface area contributed by atoms with Crippen molar-refractivity contribution in [1.29, 1.82) is 0 Å². The van der Waals surface area contributed by atoms with Gasteiger partial charge in [-0.2, -0.15) is 0 Å². The largest absolute Gasteiger partial charge is 0.436 e. The first kappa shape index (κ1) is 13.1. The number of hydrogen-bond donors (Lipinski definition) is 1. The van der Waals surface area contributed by atoms with E-state index in [0.29, 0.717) is 5.89 Å². The fraction of sp³-hybridized carbons (Fsp3) is 0. The molecule has 0 bridgehead atoms. The Morgan fingerprint density at radius 2 is 1.38 bits per heavy atom. The molecule has 0 spiro atoms. The molecule has 0 saturated heterocycles. The molecular weight excluding hydrogens is 298 g/mol. The van der Waals surface area contributed by atoms with Gasteiger partial charge in [-0.25, -0.2) is 9.97 Å². The zero-order chi connectivity index (χ0) is 15.9. The van der Waals surface area contributed by atoms with Gasteiger partial charge in [0.15, 0.2) is 5.58 Å². The van der Waals surface area contributed by atoms with Crippen LogP contribution in [0.5, 0.6) is 0 Å². The van der Waals surface area contributed by atoms with E-state index in [2.05, 4.69) is 9.97 Å². The summed E-state index contributed by atoms with van der Waals surface area (Å²) < 4.78 is 5.94. The topological polar surface area (TPSA) is 54.7 Å². The molecule has 3 aromatic carbocycles. The number of benzene rings is 3. The number of para-hydroxylation sites is 4. The van der Waals surface area contributed by atoms with Gasteiger partial charge < -0.3 is 9.40 Å². The summed E-state index contributed by atoms with van der Waals surface area (Å²) in [6.45, 7) is 0. The molecule has 0 amide bonds. The maximum Gasteiger partial charge on any atom is 0.228 e. The molecule has 0 aliphatic carbocycles. The molecule has 2 aromatic heterocycles. The minimum atomic E-state index is 0.604. The molecule has 5 aromatic rings. The van der Waals surface area contributed by atoms with Crippen LogP contribution in [0.15, 0.2) is 77.2 Å². The van der Waals surface area contributed by atoms with E-state index in [1.54, 1.807) is 0 Å². The highest BCUT2D eigenvalue weighted by atomic mass is 16.3. The van der Waals surface area contributed by atoms with Crippen LogP contribution in [0.25, 0.3) is 45.0 Å². The van der Waals surface area contributed by atoms with E-state index in [4.69, 9.17) is 9.40 Å². The lowest BCUT2D eigenvalue weighted by molar-refractivity contribution is 0.620. The average Bonchev–Trinajstić information content (AvgIpc) is 3.25. The van der Waals surface area contributed by atoms with Gasteiger partial charge >= 0.3 is 0 Å². The van der Waals surface area contributed by atoms with Gasteiger partial charge in [-0.1, -0.05) is 42.5 Å². The highest BCUT2D eigenvalue weighted by molar-refractivity contribution is 5.85. The minimum absolute atomic E-state index is 0.604. The summed E-state index contributed by atoms with van der Waals surface area (Å²) in [4.78, 5) is 12.7. The van der Waals surface area contributed by atoms with Gasteiger partial charge in [-0.3, -0.25) is 0 Å². The van der Waals surface area contributed by atoms with Crippen molar-refractivity contribution in [3.63, 3.8) is 0 Å². The highest BCUT2D eigenvalue weighted by Gasteiger charge is 2.15. The average molecular weight is 311 g/mol. The summed E-state index contributed by atoms with van der Waals surface area (Å²) in [5.41, 5.74) is 5.49. The molecular formula is C20H13N3O. The van der Waals surface area contributed by atoms with Gasteiger partial charge in [0.05, 0.1) is 11.0 Å². The van der Waals surface area contributed by atoms with Gasteiger partial charge in [0.2, 0.25) is 5.89 Å². The lowest BCUT2D eigenvalue weighted by Gasteiger charge is -2.03. The van der Waals surface area contributed by atoms with Crippen LogP contribution in [-0.2, 0) is 0 Å². The van der Waals surface area contributed by atoms with Gasteiger partial charge in [0, 0.05) is 11.1 Å². The molecule has 0 radical (unpaired) electrons. The Morgan fingerprint density at radius 1 is 0.667 bits per heavy atom. The minimum Gasteiger partial charge on any atom is -0.436 e. The van der Waals surface area contributed by atoms with Crippen LogP contribution in [0.3, 0.4) is 0 Å². The van der Waals surface area contributed by atoms with E-state index in [9.17, 15) is 0 Å². The second-order valence-electron chi connectivity index (χ2n) is 5.63. The molecule has 4 nitrogen and oxygen atoms in total. The fourth-order valence-corrected chi connectivity index (χ4v) is 2.94. The molecule has 0 fully saturated rings. The van der Waals surface area contributed by atoms with Gasteiger partial charge in [0.25, 0.3) is 0 Å². The van der Waals surface area contributed by atoms with E-state index in [0.717, 1.165) is 39.1 Å². The summed E-state index contributed by atoms with van der Waals surface area (Å²) in [5.74, 6) is 1.42. The third kappa shape index (κ3) is 2.01. The molecule has 24 heavy (non-hydrogen) atoms. The predicted molar refractivity (Wildman–Crippen MR) is 94.5 cm³/mol. The number of aromatic nitrogens is 3. The van der Waals surface area contributed by atoms with E-state index in [1.807, 2.05) is 72.8 Å². The lowest BCUT2D eigenvalue weighted by Crippen LogP contribution is -1.86. The van der Waals surface area contributed by atoms with Crippen molar-refractivity contribution >= 4 is 22.1 Å². The first-order valence-electron chi connectivity index (χ1n) is 7.78. The second-order valence-corrected chi connectivity index (χ2v) is 5.63. The molecule has 0 saturated carbocycles. The normalized spacial score (nSPS) is 11.3. The summed E-state index contributed by atoms with van der Waals surface area (Å²) in [6.07, 6.45) is 0. The maximum atomic E-state index is 5.94. The molecule has 0 aliphatic rings. The van der Waals surface area contributed by atoms with Crippen molar-refractivity contribution in [2.45, 2.75) is 0 Å². The van der Waals surface area contributed by atoms with Crippen LogP contribution in [0.4, 0.5) is 0 Å². The van der Waals surface area contributed by atoms with Crippen molar-refractivity contribution < 1.29 is 4.42 Å². The quantitative estimate of drug-likeness (QED) is 0.497. The lowest BCUT2D eigenvalue weighted by atomic mass is 10.1. The highest BCUT2D eigenvalue weighted by Crippen LogP contribution is 2.32. The van der Waals surface area contributed by atoms with E-state index in [-0.39, 0.29) is 0 Å². The maximum absolute atomic E-state index is 5.94. The van der Waals surface area contributed by atoms with Crippen LogP contribution < -0.4 is 0 Å². The second kappa shape index (κ2) is 5.06. The number of fused-ring (bicyclic) bond motifs is 2. The number of H-pyrrole nitrogens is 1. The van der Waals surface area contributed by atoms with Crippen LogP contribution in [0.1, 0.15) is 0 Å². The number of imidazole rings is 1. The van der Waals surface area contributed by atoms with Crippen molar-refractivity contribution in [3.05, 3.63) is 72.8 Å². The Hall–Kier alpha value is -3.40. The Bertz CT molecular complexity index is 1010. The first-order valence-corrected chi connectivity index (χ1v) is 7.78. The van der Waals surface area contributed by atoms with E-state index in [1.165, 1.54) is 0 Å². The molecule has 114 valence electrons. The van der Waals surface area contributed by atoms with Crippen LogP contribution in [0, 0.1) is 0 Å². The van der Waals surface area contributed by atoms with Crippen molar-refractivity contribution in [3.8, 4) is 22.8 Å². The van der Waals surface area contributed by atoms with E-state index < -0.39 is 0 Å². The molecule has 2 heterocycles. The third-order valence-electron chi connectivity index (χ3n) is 4.10. The number of nitrogens with zero attached hydrogens (tertiary/aromatic N) is 2. The summed E-state index contributed by atoms with van der Waals surface area (Å²) in [7, 11) is 0. The molecule has 5 rings (SSSR count). The van der Waals surface area contributed by atoms with Gasteiger partial charge in [0.1, 0.15) is 11.3 Å². The fourth-order valence-electron chi connectivity index (χ4n) is 2.94. The third-order valence-corrected chi connectivity index (χ3v) is 4.10. The Morgan fingerprint density at radius 3 is 2.21 bits per heavy atom. The zero-order valence-electron chi connectivity index (χ0n) is 12.7. The number of oxazole rings is 1. The molecule has 0 unspecified atom stereocenters. The Balaban J connectivity index is 1.72. The van der Waals surface area contributed by atoms with E-state index >= 15 is 0 Å².